The number of hydrogen-bond acceptors (Lipinski definition) is 1. The molecule has 1 heterocycles. The lowest BCUT2D eigenvalue weighted by molar-refractivity contribution is 0.368. The van der Waals surface area contributed by atoms with E-state index in [1.54, 1.807) is 0 Å². The Kier molecular flexibility index (Phi) is 14.2. The molecule has 0 saturated carbocycles. The minimum Gasteiger partial charge on any atom is -0.288 e. The van der Waals surface area contributed by atoms with Crippen LogP contribution < -0.4 is 5.43 Å². The highest BCUT2D eigenvalue weighted by Crippen LogP contribution is 2.43. The smallest absolute Gasteiger partial charge is 0.203 e. The maximum absolute atomic E-state index is 14.9. The van der Waals surface area contributed by atoms with E-state index in [1.165, 1.54) is 4.90 Å². The van der Waals surface area contributed by atoms with E-state index >= 15 is 0 Å². The number of rotatable bonds is 9. The van der Waals surface area contributed by atoms with E-state index in [4.69, 9.17) is 0 Å². The maximum atomic E-state index is 14.9. The Balaban J connectivity index is 0.000000282. The van der Waals surface area contributed by atoms with Crippen molar-refractivity contribution in [1.29, 1.82) is 0 Å². The Morgan fingerprint density at radius 1 is 0.286 bits per heavy atom. The number of halogens is 20. The Bertz CT molecular complexity index is 3020. The third-order valence-electron chi connectivity index (χ3n) is 11.4. The molecule has 0 spiro atoms. The van der Waals surface area contributed by atoms with Gasteiger partial charge in [0.25, 0.3) is 0 Å². The molecule has 0 atom stereocenters. The van der Waals surface area contributed by atoms with Crippen molar-refractivity contribution in [1.82, 2.24) is 0 Å². The lowest BCUT2D eigenvalue weighted by Crippen LogP contribution is -2.49. The predicted octanol–water partition coefficient (Wildman–Crippen LogP) is 14.4. The number of benzene rings is 7. The third-order valence-corrected chi connectivity index (χ3v) is 13.8. The van der Waals surface area contributed by atoms with Crippen LogP contribution in [0.3, 0.4) is 0 Å². The second kappa shape index (κ2) is 19.5. The van der Waals surface area contributed by atoms with E-state index < -0.39 is 170 Å². The molecule has 8 rings (SSSR count). The highest BCUT2D eigenvalue weighted by molar-refractivity contribution is 7.49. The molecular formula is C47H21BF20OS. The Labute approximate surface area is 381 Å². The second-order valence-corrected chi connectivity index (χ2v) is 17.6. The van der Waals surface area contributed by atoms with Crippen LogP contribution in [0, 0.1) is 116 Å². The van der Waals surface area contributed by atoms with Crippen molar-refractivity contribution in [3.63, 3.8) is 0 Å². The van der Waals surface area contributed by atoms with E-state index in [0.29, 0.717) is 0 Å². The summed E-state index contributed by atoms with van der Waals surface area (Å²) in [5.74, 6) is -57.8. The SMILES string of the molecule is Fc1c(F)c(F)c(C[B-](Cc2c(F)c(F)c(F)c(F)c2F)(Cc2c(F)c(F)c(F)c(F)c2F)Cc2c(F)c(F)c(F)c(F)c2F)c(F)c1F.O=c1c2ccccc2[s+](-c2ccccc2)c2ccccc12. The van der Waals surface area contributed by atoms with Gasteiger partial charge >= 0.3 is 0 Å². The van der Waals surface area contributed by atoms with Crippen molar-refractivity contribution in [3.8, 4) is 4.90 Å². The van der Waals surface area contributed by atoms with Gasteiger partial charge in [0.15, 0.2) is 107 Å². The summed E-state index contributed by atoms with van der Waals surface area (Å²) < 4.78 is 290. The van der Waals surface area contributed by atoms with E-state index in [0.717, 1.165) is 20.2 Å². The average Bonchev–Trinajstić information content (AvgIpc) is 3.37. The number of hydrogen-bond donors (Lipinski definition) is 0. The van der Waals surface area contributed by atoms with Crippen molar-refractivity contribution >= 4 is 36.8 Å². The van der Waals surface area contributed by atoms with Crippen molar-refractivity contribution in [3.05, 3.63) is 228 Å². The minimum absolute atomic E-state index is 0.140. The van der Waals surface area contributed by atoms with Crippen LogP contribution in [0.2, 0.25) is 0 Å². The molecule has 70 heavy (non-hydrogen) atoms. The van der Waals surface area contributed by atoms with Gasteiger partial charge in [0.1, 0.15) is 0 Å². The molecule has 7 aromatic carbocycles. The fourth-order valence-electron chi connectivity index (χ4n) is 8.22. The fraction of sp³-hybridized carbons (Fsp3) is 0.0851. The fourth-order valence-corrected chi connectivity index (χ4v) is 10.6. The van der Waals surface area contributed by atoms with E-state index in [1.807, 2.05) is 42.5 Å². The quantitative estimate of drug-likeness (QED) is 0.0352. The Hall–Kier alpha value is -6.91. The van der Waals surface area contributed by atoms with Crippen molar-refractivity contribution in [2.24, 2.45) is 0 Å². The van der Waals surface area contributed by atoms with E-state index in [-0.39, 0.29) is 15.9 Å². The average molecular weight is 1020 g/mol. The van der Waals surface area contributed by atoms with Gasteiger partial charge in [-0.2, -0.15) is 0 Å². The van der Waals surface area contributed by atoms with Crippen LogP contribution in [0.25, 0.3) is 25.1 Å². The van der Waals surface area contributed by atoms with Gasteiger partial charge < -0.3 is 0 Å². The summed E-state index contributed by atoms with van der Waals surface area (Å²) in [4.78, 5) is 13.9. The largest absolute Gasteiger partial charge is 0.288 e. The van der Waals surface area contributed by atoms with Crippen LogP contribution in [-0.2, 0) is 25.3 Å². The second-order valence-electron chi connectivity index (χ2n) is 15.7. The monoisotopic (exact) mass is 1020 g/mol. The summed E-state index contributed by atoms with van der Waals surface area (Å²) in [7, 11) is -0.199. The summed E-state index contributed by atoms with van der Waals surface area (Å²) in [6, 6.07) is 26.4. The molecule has 0 saturated heterocycles. The number of fused-ring (bicyclic) bond motifs is 2. The molecule has 1 nitrogen and oxygen atoms in total. The van der Waals surface area contributed by atoms with Gasteiger partial charge in [-0.3, -0.25) is 4.79 Å². The topological polar surface area (TPSA) is 17.1 Å². The lowest BCUT2D eigenvalue weighted by Gasteiger charge is -2.41. The lowest BCUT2D eigenvalue weighted by atomic mass is 9.16. The molecule has 0 aliphatic heterocycles. The summed E-state index contributed by atoms with van der Waals surface area (Å²) >= 11 is 0. The predicted molar refractivity (Wildman–Crippen MR) is 217 cm³/mol. The molecule has 0 fully saturated rings. The van der Waals surface area contributed by atoms with Crippen LogP contribution in [0.15, 0.2) is 83.7 Å². The molecule has 364 valence electrons. The first-order chi connectivity index (χ1) is 33.0. The van der Waals surface area contributed by atoms with Gasteiger partial charge in [-0.05, 0) is 58.7 Å². The van der Waals surface area contributed by atoms with Gasteiger partial charge in [-0.15, -0.1) is 25.3 Å². The van der Waals surface area contributed by atoms with Crippen LogP contribution in [0.5, 0.6) is 0 Å². The summed E-state index contributed by atoms with van der Waals surface area (Å²) in [6.45, 7) is 0. The van der Waals surface area contributed by atoms with E-state index in [2.05, 4.69) is 36.4 Å². The van der Waals surface area contributed by atoms with Gasteiger partial charge in [-0.25, -0.2) is 87.8 Å². The molecule has 23 heteroatoms. The Morgan fingerprint density at radius 3 is 0.757 bits per heavy atom. The molecule has 0 unspecified atom stereocenters. The molecule has 0 aliphatic carbocycles. The highest BCUT2D eigenvalue weighted by Gasteiger charge is 2.40. The van der Waals surface area contributed by atoms with Crippen LogP contribution >= 0.6 is 10.5 Å². The zero-order valence-electron chi connectivity index (χ0n) is 34.3. The van der Waals surface area contributed by atoms with Gasteiger partial charge in [0, 0.05) is 16.6 Å². The van der Waals surface area contributed by atoms with Crippen LogP contribution in [-0.4, -0.2) is 6.15 Å². The maximum Gasteiger partial charge on any atom is 0.203 e. The van der Waals surface area contributed by atoms with Gasteiger partial charge in [0.05, 0.1) is 10.8 Å². The summed E-state index contributed by atoms with van der Waals surface area (Å²) in [5.41, 5.74) is -8.83. The molecular weight excluding hydrogens is 1000 g/mol. The molecule has 0 bridgehead atoms. The summed E-state index contributed by atoms with van der Waals surface area (Å²) in [5, 5.41) is 1.67. The van der Waals surface area contributed by atoms with Crippen molar-refractivity contribution < 1.29 is 87.8 Å². The first-order valence-electron chi connectivity index (χ1n) is 19.7. The molecule has 8 aromatic rings. The highest BCUT2D eigenvalue weighted by atomic mass is 32.2. The first kappa shape index (κ1) is 51.0. The van der Waals surface area contributed by atoms with Crippen LogP contribution in [0.1, 0.15) is 22.3 Å². The molecule has 0 aliphatic rings. The molecule has 0 radical (unpaired) electrons. The minimum atomic E-state index is -4.78. The Morgan fingerprint density at radius 2 is 0.500 bits per heavy atom. The summed E-state index contributed by atoms with van der Waals surface area (Å²) in [6.07, 6.45) is -13.9. The first-order valence-corrected chi connectivity index (χ1v) is 20.9. The van der Waals surface area contributed by atoms with Crippen LogP contribution in [0.4, 0.5) is 87.8 Å². The third kappa shape index (κ3) is 8.72. The normalized spacial score (nSPS) is 11.7. The zero-order valence-corrected chi connectivity index (χ0v) is 35.1. The molecule has 0 N–H and O–H groups in total. The standard InChI is InChI=1S/C28H8BF20.C19H13OS/c30-9-5(10(31)18(39)25(46)17(9)38)1-29(2-6-11(32)19(40)26(47)20(41)12(6)33,3-7-13(34)21(42)27(48)22(43)14(7)35)4-8-15(36)23(44)28(49)24(45)16(8)37;20-19-15-10-4-6-12-17(15)21(14-8-2-1-3-9-14)18-13-7-5-11-16(18)19/h1-4H2;1-13H/q-1;+1. The van der Waals surface area contributed by atoms with Gasteiger partial charge in [-0.1, -0.05) is 42.5 Å². The van der Waals surface area contributed by atoms with Gasteiger partial charge in [0.2, 0.25) is 28.7 Å². The molecule has 0 amide bonds. The molecule has 1 aromatic heterocycles. The van der Waals surface area contributed by atoms with E-state index in [9.17, 15) is 92.6 Å². The van der Waals surface area contributed by atoms with Crippen molar-refractivity contribution in [2.45, 2.75) is 25.3 Å². The zero-order chi connectivity index (χ0) is 51.4. The van der Waals surface area contributed by atoms with Crippen molar-refractivity contribution in [2.75, 3.05) is 0 Å².